The summed E-state index contributed by atoms with van der Waals surface area (Å²) in [4.78, 5) is 28.1. The van der Waals surface area contributed by atoms with Crippen molar-refractivity contribution >= 4 is 34.2 Å². The Hall–Kier alpha value is -3.38. The largest absolute Gasteiger partial charge is 0.443 e. The zero-order chi connectivity index (χ0) is 21.5. The van der Waals surface area contributed by atoms with Gasteiger partial charge in [0.1, 0.15) is 11.7 Å². The molecule has 6 nitrogen and oxygen atoms in total. The first-order valence-electron chi connectivity index (χ1n) is 9.76. The van der Waals surface area contributed by atoms with Crippen molar-refractivity contribution in [2.45, 2.75) is 32.5 Å². The van der Waals surface area contributed by atoms with Gasteiger partial charge in [-0.1, -0.05) is 36.4 Å². The summed E-state index contributed by atoms with van der Waals surface area (Å²) >= 11 is 0. The molecule has 1 atom stereocenters. The van der Waals surface area contributed by atoms with E-state index in [1.165, 1.54) is 4.57 Å². The lowest BCUT2D eigenvalue weighted by Crippen LogP contribution is -2.26. The van der Waals surface area contributed by atoms with E-state index in [-0.39, 0.29) is 0 Å². The van der Waals surface area contributed by atoms with Gasteiger partial charge in [0, 0.05) is 40.7 Å². The van der Waals surface area contributed by atoms with Gasteiger partial charge in [0.25, 0.3) is 0 Å². The van der Waals surface area contributed by atoms with Gasteiger partial charge < -0.3 is 14.5 Å². The molecule has 6 heteroatoms. The van der Waals surface area contributed by atoms with E-state index >= 15 is 0 Å². The summed E-state index contributed by atoms with van der Waals surface area (Å²) in [6, 6.07) is 15.2. The molecule has 154 valence electrons. The van der Waals surface area contributed by atoms with Gasteiger partial charge in [-0.25, -0.2) is 4.79 Å². The van der Waals surface area contributed by atoms with Gasteiger partial charge in [0.05, 0.1) is 11.2 Å². The molecule has 0 radical (unpaired) electrons. The molecule has 1 N–H and O–H groups in total. The Balaban J connectivity index is 1.90. The standard InChI is InChI=1S/C24H24N2O4/c1-24(2,3)30-23(28)26-13-17(16-10-6-8-12-20(16)26)22(29-4)21-18(14-27)15-9-5-7-11-19(15)25-21/h5-14,22,25H,1-4H3. The SMILES string of the molecule is COC(c1[nH]c2ccccc2c1C=O)c1cn(C(=O)OC(C)(C)C)c2ccccc12. The number of carbonyl (C=O) groups excluding carboxylic acids is 2. The van der Waals surface area contributed by atoms with Crippen LogP contribution >= 0.6 is 0 Å². The first-order valence-corrected chi connectivity index (χ1v) is 9.76. The minimum atomic E-state index is -0.620. The number of hydrogen-bond acceptors (Lipinski definition) is 4. The number of nitrogens with one attached hydrogen (secondary N) is 1. The first kappa shape index (κ1) is 19.9. The number of aromatic amines is 1. The topological polar surface area (TPSA) is 73.3 Å². The second-order valence-corrected chi connectivity index (χ2v) is 8.18. The molecule has 0 amide bonds. The highest BCUT2D eigenvalue weighted by molar-refractivity contribution is 6.00. The van der Waals surface area contributed by atoms with Crippen LogP contribution in [0.4, 0.5) is 4.79 Å². The molecule has 2 aromatic carbocycles. The molecule has 0 fully saturated rings. The van der Waals surface area contributed by atoms with Crippen LogP contribution in [-0.4, -0.2) is 34.6 Å². The molecule has 0 aliphatic rings. The lowest BCUT2D eigenvalue weighted by molar-refractivity contribution is 0.0543. The molecule has 0 saturated heterocycles. The second kappa shape index (κ2) is 7.46. The van der Waals surface area contributed by atoms with E-state index in [2.05, 4.69) is 4.98 Å². The number of methoxy groups -OCH3 is 1. The van der Waals surface area contributed by atoms with Crippen LogP contribution in [0.2, 0.25) is 0 Å². The summed E-state index contributed by atoms with van der Waals surface area (Å²) in [5.74, 6) is 0. The summed E-state index contributed by atoms with van der Waals surface area (Å²) in [5, 5.41) is 1.69. The number of carbonyl (C=O) groups is 2. The third-order valence-corrected chi connectivity index (χ3v) is 5.01. The maximum Gasteiger partial charge on any atom is 0.419 e. The summed E-state index contributed by atoms with van der Waals surface area (Å²) in [5.41, 5.74) is 2.92. The quantitative estimate of drug-likeness (QED) is 0.459. The van der Waals surface area contributed by atoms with Gasteiger partial charge in [-0.05, 0) is 32.9 Å². The normalized spacial score (nSPS) is 12.9. The lowest BCUT2D eigenvalue weighted by atomic mass is 10.0. The third-order valence-electron chi connectivity index (χ3n) is 5.01. The fourth-order valence-electron chi connectivity index (χ4n) is 3.80. The summed E-state index contributed by atoms with van der Waals surface area (Å²) < 4.78 is 12.9. The molecule has 0 bridgehead atoms. The number of ether oxygens (including phenoxy) is 2. The first-order chi connectivity index (χ1) is 14.3. The smallest absolute Gasteiger partial charge is 0.419 e. The molecule has 0 saturated carbocycles. The van der Waals surface area contributed by atoms with Crippen molar-refractivity contribution in [3.05, 3.63) is 71.5 Å². The molecule has 0 spiro atoms. The van der Waals surface area contributed by atoms with E-state index in [0.29, 0.717) is 16.8 Å². The zero-order valence-electron chi connectivity index (χ0n) is 17.4. The van der Waals surface area contributed by atoms with Crippen molar-refractivity contribution in [1.29, 1.82) is 0 Å². The Labute approximate surface area is 174 Å². The Bertz CT molecular complexity index is 1240. The number of aldehydes is 1. The van der Waals surface area contributed by atoms with E-state index < -0.39 is 17.8 Å². The van der Waals surface area contributed by atoms with Gasteiger partial charge in [-0.15, -0.1) is 0 Å². The van der Waals surface area contributed by atoms with Crippen LogP contribution in [0.1, 0.15) is 48.5 Å². The average Bonchev–Trinajstić information content (AvgIpc) is 3.26. The molecule has 4 rings (SSSR count). The van der Waals surface area contributed by atoms with Crippen molar-refractivity contribution < 1.29 is 19.1 Å². The van der Waals surface area contributed by atoms with Gasteiger partial charge in [-0.3, -0.25) is 9.36 Å². The Kier molecular flexibility index (Phi) is 4.95. The van der Waals surface area contributed by atoms with Crippen LogP contribution in [0.25, 0.3) is 21.8 Å². The minimum absolute atomic E-state index is 0.466. The summed E-state index contributed by atoms with van der Waals surface area (Å²) in [6.07, 6.45) is 1.54. The van der Waals surface area contributed by atoms with Crippen LogP contribution in [0.3, 0.4) is 0 Å². The highest BCUT2D eigenvalue weighted by Crippen LogP contribution is 2.36. The fraction of sp³-hybridized carbons (Fsp3) is 0.250. The molecule has 1 unspecified atom stereocenters. The predicted molar refractivity (Wildman–Crippen MR) is 116 cm³/mol. The van der Waals surface area contributed by atoms with Crippen molar-refractivity contribution in [2.24, 2.45) is 0 Å². The van der Waals surface area contributed by atoms with Gasteiger partial charge in [0.15, 0.2) is 6.29 Å². The van der Waals surface area contributed by atoms with Gasteiger partial charge >= 0.3 is 6.09 Å². The minimum Gasteiger partial charge on any atom is -0.443 e. The monoisotopic (exact) mass is 404 g/mol. The van der Waals surface area contributed by atoms with Crippen LogP contribution in [0.5, 0.6) is 0 Å². The van der Waals surface area contributed by atoms with E-state index in [0.717, 1.165) is 28.1 Å². The molecular formula is C24H24N2O4. The molecule has 0 aliphatic heterocycles. The highest BCUT2D eigenvalue weighted by atomic mass is 16.6. The van der Waals surface area contributed by atoms with E-state index in [1.807, 2.05) is 69.3 Å². The van der Waals surface area contributed by atoms with Crippen molar-refractivity contribution in [3.8, 4) is 0 Å². The predicted octanol–water partition coefficient (Wildman–Crippen LogP) is 5.45. The number of hydrogen-bond donors (Lipinski definition) is 1. The number of fused-ring (bicyclic) bond motifs is 2. The Morgan fingerprint density at radius 1 is 1.07 bits per heavy atom. The maximum absolute atomic E-state index is 12.8. The average molecular weight is 404 g/mol. The van der Waals surface area contributed by atoms with Gasteiger partial charge in [0.2, 0.25) is 0 Å². The number of aromatic nitrogens is 2. The van der Waals surface area contributed by atoms with Crippen molar-refractivity contribution in [3.63, 3.8) is 0 Å². The van der Waals surface area contributed by atoms with E-state index in [1.54, 1.807) is 13.3 Å². The number of rotatable bonds is 4. The van der Waals surface area contributed by atoms with Gasteiger partial charge in [-0.2, -0.15) is 0 Å². The fourth-order valence-corrected chi connectivity index (χ4v) is 3.80. The third kappa shape index (κ3) is 3.39. The number of benzene rings is 2. The molecule has 0 aliphatic carbocycles. The Morgan fingerprint density at radius 2 is 1.73 bits per heavy atom. The summed E-state index contributed by atoms with van der Waals surface area (Å²) in [6.45, 7) is 5.49. The molecule has 2 heterocycles. The Morgan fingerprint density at radius 3 is 2.40 bits per heavy atom. The molecule has 4 aromatic rings. The van der Waals surface area contributed by atoms with E-state index in [4.69, 9.17) is 9.47 Å². The number of H-pyrrole nitrogens is 1. The maximum atomic E-state index is 12.8. The summed E-state index contributed by atoms with van der Waals surface area (Å²) in [7, 11) is 1.59. The molecule has 2 aromatic heterocycles. The number of nitrogens with zero attached hydrogens (tertiary/aromatic N) is 1. The van der Waals surface area contributed by atoms with Crippen LogP contribution < -0.4 is 0 Å². The zero-order valence-corrected chi connectivity index (χ0v) is 17.4. The number of para-hydroxylation sites is 2. The van der Waals surface area contributed by atoms with Crippen LogP contribution in [0.15, 0.2) is 54.7 Å². The molecular weight excluding hydrogens is 380 g/mol. The lowest BCUT2D eigenvalue weighted by Gasteiger charge is -2.19. The van der Waals surface area contributed by atoms with Crippen molar-refractivity contribution in [2.75, 3.05) is 7.11 Å². The second-order valence-electron chi connectivity index (χ2n) is 8.18. The van der Waals surface area contributed by atoms with E-state index in [9.17, 15) is 9.59 Å². The van der Waals surface area contributed by atoms with Crippen LogP contribution in [-0.2, 0) is 9.47 Å². The molecule has 30 heavy (non-hydrogen) atoms. The van der Waals surface area contributed by atoms with Crippen LogP contribution in [0, 0.1) is 0 Å². The highest BCUT2D eigenvalue weighted by Gasteiger charge is 2.27. The van der Waals surface area contributed by atoms with Crippen molar-refractivity contribution in [1.82, 2.24) is 9.55 Å².